The molecule has 1 unspecified atom stereocenters. The fourth-order valence-corrected chi connectivity index (χ4v) is 3.23. The van der Waals surface area contributed by atoms with Gasteiger partial charge in [-0.3, -0.25) is 4.68 Å². The van der Waals surface area contributed by atoms with E-state index in [9.17, 15) is 0 Å². The first-order valence-corrected chi connectivity index (χ1v) is 7.63. The summed E-state index contributed by atoms with van der Waals surface area (Å²) in [5.41, 5.74) is 1.28. The Morgan fingerprint density at radius 1 is 1.50 bits per heavy atom. The normalized spacial score (nSPS) is 22.6. The van der Waals surface area contributed by atoms with E-state index in [-0.39, 0.29) is 5.54 Å². The molecule has 0 amide bonds. The average molecular weight is 280 g/mol. The third-order valence-electron chi connectivity index (χ3n) is 4.16. The van der Waals surface area contributed by atoms with Gasteiger partial charge in [0.2, 0.25) is 0 Å². The highest BCUT2D eigenvalue weighted by atomic mass is 16.5. The molecule has 1 saturated heterocycles. The van der Waals surface area contributed by atoms with Crippen molar-refractivity contribution in [2.45, 2.75) is 44.7 Å². The lowest BCUT2D eigenvalue weighted by Gasteiger charge is -2.31. The van der Waals surface area contributed by atoms with Crippen molar-refractivity contribution >= 4 is 0 Å². The van der Waals surface area contributed by atoms with E-state index in [1.807, 2.05) is 6.20 Å². The summed E-state index contributed by atoms with van der Waals surface area (Å²) in [5.74, 6) is 0.923. The molecule has 1 aliphatic rings. The monoisotopic (exact) mass is 280 g/mol. The number of methoxy groups -OCH3 is 1. The Morgan fingerprint density at radius 2 is 2.30 bits per heavy atom. The summed E-state index contributed by atoms with van der Waals surface area (Å²) in [6, 6.07) is 0. The first-order chi connectivity index (χ1) is 9.63. The minimum atomic E-state index is 0.0445. The van der Waals surface area contributed by atoms with E-state index >= 15 is 0 Å². The van der Waals surface area contributed by atoms with Crippen LogP contribution in [0, 0.1) is 0 Å². The molecule has 1 aromatic rings. The second-order valence-electron chi connectivity index (χ2n) is 5.95. The Labute approximate surface area is 122 Å². The lowest BCUT2D eigenvalue weighted by molar-refractivity contribution is 0.293. The number of nitrogens with zero attached hydrogens (tertiary/aromatic N) is 3. The minimum absolute atomic E-state index is 0.0445. The van der Waals surface area contributed by atoms with Crippen molar-refractivity contribution in [3.05, 3.63) is 11.9 Å². The predicted octanol–water partition coefficient (Wildman–Crippen LogP) is 1.83. The Kier molecular flexibility index (Phi) is 5.05. The van der Waals surface area contributed by atoms with Crippen LogP contribution in [-0.4, -0.2) is 49.0 Å². The van der Waals surface area contributed by atoms with Crippen LogP contribution in [-0.2, 0) is 12.1 Å². The van der Waals surface area contributed by atoms with Gasteiger partial charge in [0.25, 0.3) is 0 Å². The second-order valence-corrected chi connectivity index (χ2v) is 5.95. The van der Waals surface area contributed by atoms with Crippen LogP contribution in [0.1, 0.15) is 38.3 Å². The summed E-state index contributed by atoms with van der Waals surface area (Å²) in [4.78, 5) is 2.19. The van der Waals surface area contributed by atoms with Crippen LogP contribution in [0.3, 0.4) is 0 Å². The molecule has 2 rings (SSSR count). The van der Waals surface area contributed by atoms with Crippen LogP contribution < -0.4 is 10.1 Å². The second kappa shape index (κ2) is 6.59. The molecule has 20 heavy (non-hydrogen) atoms. The zero-order valence-corrected chi connectivity index (χ0v) is 13.3. The predicted molar refractivity (Wildman–Crippen MR) is 81.2 cm³/mol. The molecular formula is C15H28N4O. The van der Waals surface area contributed by atoms with Gasteiger partial charge in [0.05, 0.1) is 25.4 Å². The third kappa shape index (κ3) is 2.99. The maximum atomic E-state index is 5.58. The maximum Gasteiger partial charge on any atom is 0.161 e. The Bertz CT molecular complexity index is 422. The Morgan fingerprint density at radius 3 is 2.85 bits per heavy atom. The van der Waals surface area contributed by atoms with Crippen LogP contribution in [0.2, 0.25) is 0 Å². The van der Waals surface area contributed by atoms with Crippen LogP contribution in [0.5, 0.6) is 5.75 Å². The van der Waals surface area contributed by atoms with Gasteiger partial charge in [-0.2, -0.15) is 5.10 Å². The smallest absolute Gasteiger partial charge is 0.161 e. The summed E-state index contributed by atoms with van der Waals surface area (Å²) < 4.78 is 7.71. The molecule has 2 heterocycles. The highest BCUT2D eigenvalue weighted by Crippen LogP contribution is 2.40. The fraction of sp³-hybridized carbons (Fsp3) is 0.800. The molecule has 1 aliphatic heterocycles. The highest BCUT2D eigenvalue weighted by molar-refractivity contribution is 5.33. The van der Waals surface area contributed by atoms with Gasteiger partial charge < -0.3 is 15.0 Å². The van der Waals surface area contributed by atoms with Gasteiger partial charge in [-0.15, -0.1) is 0 Å². The third-order valence-corrected chi connectivity index (χ3v) is 4.16. The van der Waals surface area contributed by atoms with E-state index in [4.69, 9.17) is 4.74 Å². The molecule has 1 fully saturated rings. The Balaban J connectivity index is 2.33. The fourth-order valence-electron chi connectivity index (χ4n) is 3.23. The molecule has 114 valence electrons. The van der Waals surface area contributed by atoms with Crippen LogP contribution in [0.4, 0.5) is 0 Å². The van der Waals surface area contributed by atoms with E-state index < -0.39 is 0 Å². The molecule has 0 radical (unpaired) electrons. The van der Waals surface area contributed by atoms with E-state index in [0.29, 0.717) is 0 Å². The lowest BCUT2D eigenvalue weighted by atomic mass is 9.87. The molecule has 5 heteroatoms. The first-order valence-electron chi connectivity index (χ1n) is 7.63. The van der Waals surface area contributed by atoms with Crippen molar-refractivity contribution in [1.29, 1.82) is 0 Å². The zero-order valence-electron chi connectivity index (χ0n) is 13.3. The molecule has 0 spiro atoms. The van der Waals surface area contributed by atoms with Crippen LogP contribution in [0.15, 0.2) is 6.20 Å². The number of ether oxygens (including phenoxy) is 1. The van der Waals surface area contributed by atoms with Gasteiger partial charge in [0.15, 0.2) is 5.75 Å². The van der Waals surface area contributed by atoms with Gasteiger partial charge in [-0.1, -0.05) is 13.3 Å². The quantitative estimate of drug-likeness (QED) is 0.827. The molecule has 0 aromatic carbocycles. The number of likely N-dealkylation sites (N-methyl/N-ethyl adjacent to an activating group) is 1. The minimum Gasteiger partial charge on any atom is -0.493 e. The number of nitrogens with one attached hydrogen (secondary N) is 1. The topological polar surface area (TPSA) is 42.3 Å². The molecule has 1 N–H and O–H groups in total. The van der Waals surface area contributed by atoms with E-state index in [0.717, 1.165) is 38.2 Å². The summed E-state index contributed by atoms with van der Waals surface area (Å²) in [7, 11) is 5.93. The molecule has 0 aliphatic carbocycles. The van der Waals surface area contributed by atoms with Gasteiger partial charge >= 0.3 is 0 Å². The van der Waals surface area contributed by atoms with E-state index in [1.54, 1.807) is 7.11 Å². The van der Waals surface area contributed by atoms with E-state index in [2.05, 4.69) is 41.0 Å². The zero-order chi connectivity index (χ0) is 14.6. The van der Waals surface area contributed by atoms with Crippen molar-refractivity contribution in [3.8, 4) is 5.75 Å². The van der Waals surface area contributed by atoms with E-state index in [1.165, 1.54) is 18.5 Å². The first kappa shape index (κ1) is 15.3. The molecule has 0 bridgehead atoms. The number of hydrogen-bond donors (Lipinski definition) is 1. The Hall–Kier alpha value is -1.07. The number of aromatic nitrogens is 2. The van der Waals surface area contributed by atoms with Crippen LogP contribution >= 0.6 is 0 Å². The van der Waals surface area contributed by atoms with Crippen LogP contribution in [0.25, 0.3) is 0 Å². The van der Waals surface area contributed by atoms with Crippen molar-refractivity contribution in [2.75, 3.05) is 34.3 Å². The lowest BCUT2D eigenvalue weighted by Crippen LogP contribution is -2.39. The summed E-state index contributed by atoms with van der Waals surface area (Å²) in [6.45, 7) is 5.22. The van der Waals surface area contributed by atoms with Gasteiger partial charge in [0, 0.05) is 6.54 Å². The molecule has 0 saturated carbocycles. The van der Waals surface area contributed by atoms with Crippen molar-refractivity contribution in [2.24, 2.45) is 0 Å². The molecule has 5 nitrogen and oxygen atoms in total. The molecule has 1 atom stereocenters. The van der Waals surface area contributed by atoms with Gasteiger partial charge in [-0.25, -0.2) is 0 Å². The SMILES string of the molecule is CCCC1(c2c(OC)cnn2CCN(C)C)CCCN1. The van der Waals surface area contributed by atoms with Gasteiger partial charge in [-0.05, 0) is 39.9 Å². The summed E-state index contributed by atoms with van der Waals surface area (Å²) >= 11 is 0. The average Bonchev–Trinajstić information content (AvgIpc) is 3.03. The van der Waals surface area contributed by atoms with Crippen molar-refractivity contribution < 1.29 is 4.74 Å². The largest absolute Gasteiger partial charge is 0.493 e. The summed E-state index contributed by atoms with van der Waals surface area (Å²) in [5, 5.41) is 8.28. The maximum absolute atomic E-state index is 5.58. The molecule has 1 aromatic heterocycles. The van der Waals surface area contributed by atoms with Gasteiger partial charge in [0.1, 0.15) is 5.69 Å². The number of rotatable bonds is 7. The van der Waals surface area contributed by atoms with Crippen molar-refractivity contribution in [1.82, 2.24) is 20.0 Å². The highest BCUT2D eigenvalue weighted by Gasteiger charge is 2.39. The van der Waals surface area contributed by atoms with Crippen molar-refractivity contribution in [3.63, 3.8) is 0 Å². The standard InChI is InChI=1S/C15H28N4O/c1-5-7-15(8-6-9-16-15)14-13(20-4)12-17-19(14)11-10-18(2)3/h12,16H,5-11H2,1-4H3. The number of hydrogen-bond acceptors (Lipinski definition) is 4. The molecular weight excluding hydrogens is 252 g/mol. The summed E-state index contributed by atoms with van der Waals surface area (Å²) in [6.07, 6.45) is 6.56.